The highest BCUT2D eigenvalue weighted by molar-refractivity contribution is 6.30. The highest BCUT2D eigenvalue weighted by Gasteiger charge is 2.22. The first kappa shape index (κ1) is 23.4. The molecule has 176 valence electrons. The Morgan fingerprint density at radius 2 is 1.38 bits per heavy atom. The SMILES string of the molecule is COc1cc(OC)cc(C(=O)Nc2ccc(N3CCN(C(=O)c4ccc(Cl)cc4)CC3)cc2)c1. The molecule has 0 unspecified atom stereocenters. The van der Waals surface area contributed by atoms with Gasteiger partial charge in [-0.15, -0.1) is 0 Å². The van der Waals surface area contributed by atoms with Crippen LogP contribution in [-0.4, -0.2) is 57.1 Å². The zero-order valence-electron chi connectivity index (χ0n) is 19.1. The number of amides is 2. The minimum Gasteiger partial charge on any atom is -0.497 e. The fraction of sp³-hybridized carbons (Fsp3) is 0.231. The Labute approximate surface area is 203 Å². The number of methoxy groups -OCH3 is 2. The van der Waals surface area contributed by atoms with Crippen LogP contribution in [0, 0.1) is 0 Å². The lowest BCUT2D eigenvalue weighted by atomic mass is 10.1. The van der Waals surface area contributed by atoms with Gasteiger partial charge in [-0.1, -0.05) is 11.6 Å². The molecule has 0 bridgehead atoms. The zero-order chi connectivity index (χ0) is 24.1. The summed E-state index contributed by atoms with van der Waals surface area (Å²) in [5.74, 6) is 0.866. The Morgan fingerprint density at radius 1 is 0.794 bits per heavy atom. The van der Waals surface area contributed by atoms with Crippen molar-refractivity contribution >= 4 is 34.8 Å². The Balaban J connectivity index is 1.35. The third kappa shape index (κ3) is 5.43. The fourth-order valence-corrected chi connectivity index (χ4v) is 3.97. The van der Waals surface area contributed by atoms with Crippen molar-refractivity contribution in [1.29, 1.82) is 0 Å². The summed E-state index contributed by atoms with van der Waals surface area (Å²) in [5, 5.41) is 3.52. The van der Waals surface area contributed by atoms with Crippen LogP contribution in [0.5, 0.6) is 11.5 Å². The lowest BCUT2D eigenvalue weighted by Crippen LogP contribution is -2.48. The topological polar surface area (TPSA) is 71.1 Å². The zero-order valence-corrected chi connectivity index (χ0v) is 19.8. The molecular formula is C26H26ClN3O4. The average molecular weight is 480 g/mol. The highest BCUT2D eigenvalue weighted by Crippen LogP contribution is 2.24. The summed E-state index contributed by atoms with van der Waals surface area (Å²) >= 11 is 5.92. The number of nitrogens with one attached hydrogen (secondary N) is 1. The largest absolute Gasteiger partial charge is 0.497 e. The van der Waals surface area contributed by atoms with Crippen LogP contribution in [0.2, 0.25) is 5.02 Å². The molecule has 4 rings (SSSR count). The van der Waals surface area contributed by atoms with E-state index in [1.54, 1.807) is 56.7 Å². The summed E-state index contributed by atoms with van der Waals surface area (Å²) in [6, 6.07) is 19.7. The summed E-state index contributed by atoms with van der Waals surface area (Å²) in [6.45, 7) is 2.73. The monoisotopic (exact) mass is 479 g/mol. The molecule has 0 spiro atoms. The minimum absolute atomic E-state index is 0.0172. The molecule has 0 saturated carbocycles. The third-order valence-electron chi connectivity index (χ3n) is 5.76. The number of hydrogen-bond acceptors (Lipinski definition) is 5. The molecule has 3 aromatic carbocycles. The molecule has 3 aromatic rings. The molecule has 1 saturated heterocycles. The van der Waals surface area contributed by atoms with Gasteiger partial charge in [-0.25, -0.2) is 0 Å². The number of nitrogens with zero attached hydrogens (tertiary/aromatic N) is 2. The maximum Gasteiger partial charge on any atom is 0.255 e. The maximum atomic E-state index is 12.7. The number of anilines is 2. The molecule has 0 aromatic heterocycles. The maximum absolute atomic E-state index is 12.7. The van der Waals surface area contributed by atoms with E-state index in [9.17, 15) is 9.59 Å². The van der Waals surface area contributed by atoms with Gasteiger partial charge >= 0.3 is 0 Å². The van der Waals surface area contributed by atoms with Gasteiger partial charge in [-0.05, 0) is 60.7 Å². The number of piperazine rings is 1. The Kier molecular flexibility index (Phi) is 7.23. The molecule has 8 heteroatoms. The number of rotatable bonds is 6. The van der Waals surface area contributed by atoms with Crippen molar-refractivity contribution in [3.63, 3.8) is 0 Å². The molecule has 0 aliphatic carbocycles. The molecular weight excluding hydrogens is 454 g/mol. The van der Waals surface area contributed by atoms with E-state index in [0.717, 1.165) is 18.8 Å². The van der Waals surface area contributed by atoms with Gasteiger partial charge in [0.2, 0.25) is 0 Å². The van der Waals surface area contributed by atoms with Crippen molar-refractivity contribution in [3.8, 4) is 11.5 Å². The summed E-state index contributed by atoms with van der Waals surface area (Å²) in [4.78, 5) is 29.5. The number of benzene rings is 3. The smallest absolute Gasteiger partial charge is 0.255 e. The van der Waals surface area contributed by atoms with Gasteiger partial charge in [-0.3, -0.25) is 9.59 Å². The van der Waals surface area contributed by atoms with Gasteiger partial charge < -0.3 is 24.6 Å². The summed E-state index contributed by atoms with van der Waals surface area (Å²) in [6.07, 6.45) is 0. The molecule has 7 nitrogen and oxygen atoms in total. The number of carbonyl (C=O) groups is 2. The molecule has 2 amide bonds. The van der Waals surface area contributed by atoms with Crippen LogP contribution in [0.4, 0.5) is 11.4 Å². The second kappa shape index (κ2) is 10.5. The van der Waals surface area contributed by atoms with Gasteiger partial charge in [0.05, 0.1) is 14.2 Å². The van der Waals surface area contributed by atoms with E-state index < -0.39 is 0 Å². The van der Waals surface area contributed by atoms with Gasteiger partial charge in [0, 0.05) is 59.8 Å². The molecule has 0 radical (unpaired) electrons. The van der Waals surface area contributed by atoms with Crippen LogP contribution in [0.1, 0.15) is 20.7 Å². The van der Waals surface area contributed by atoms with Gasteiger partial charge in [0.1, 0.15) is 11.5 Å². The fourth-order valence-electron chi connectivity index (χ4n) is 3.84. The van der Waals surface area contributed by atoms with Crippen molar-refractivity contribution in [2.75, 3.05) is 50.6 Å². The van der Waals surface area contributed by atoms with Crippen LogP contribution in [-0.2, 0) is 0 Å². The average Bonchev–Trinajstić information content (AvgIpc) is 2.89. The van der Waals surface area contributed by atoms with Gasteiger partial charge in [0.25, 0.3) is 11.8 Å². The first-order valence-corrected chi connectivity index (χ1v) is 11.3. The van der Waals surface area contributed by atoms with E-state index in [0.29, 0.717) is 46.4 Å². The van der Waals surface area contributed by atoms with E-state index in [1.807, 2.05) is 29.2 Å². The quantitative estimate of drug-likeness (QED) is 0.560. The second-order valence-electron chi connectivity index (χ2n) is 7.89. The van der Waals surface area contributed by atoms with Gasteiger partial charge in [-0.2, -0.15) is 0 Å². The van der Waals surface area contributed by atoms with E-state index in [4.69, 9.17) is 21.1 Å². The first-order valence-electron chi connectivity index (χ1n) is 10.9. The lowest BCUT2D eigenvalue weighted by molar-refractivity contribution is 0.0746. The molecule has 1 fully saturated rings. The Hall–Kier alpha value is -3.71. The highest BCUT2D eigenvalue weighted by atomic mass is 35.5. The van der Waals surface area contributed by atoms with Crippen LogP contribution in [0.25, 0.3) is 0 Å². The molecule has 1 aliphatic heterocycles. The lowest BCUT2D eigenvalue weighted by Gasteiger charge is -2.36. The number of carbonyl (C=O) groups excluding carboxylic acids is 2. The first-order chi connectivity index (χ1) is 16.5. The van der Waals surface area contributed by atoms with Crippen LogP contribution < -0.4 is 19.7 Å². The van der Waals surface area contributed by atoms with Crippen molar-refractivity contribution in [2.45, 2.75) is 0 Å². The Morgan fingerprint density at radius 3 is 1.94 bits per heavy atom. The Bertz CT molecular complexity index is 1140. The summed E-state index contributed by atoms with van der Waals surface area (Å²) in [7, 11) is 3.09. The summed E-state index contributed by atoms with van der Waals surface area (Å²) < 4.78 is 10.5. The molecule has 1 heterocycles. The molecule has 0 atom stereocenters. The van der Waals surface area contributed by atoms with E-state index in [2.05, 4.69) is 10.2 Å². The molecule has 1 N–H and O–H groups in total. The normalized spacial score (nSPS) is 13.4. The molecule has 34 heavy (non-hydrogen) atoms. The van der Waals surface area contributed by atoms with Crippen molar-refractivity contribution in [2.24, 2.45) is 0 Å². The van der Waals surface area contributed by atoms with Crippen LogP contribution in [0.3, 0.4) is 0 Å². The number of ether oxygens (including phenoxy) is 2. The van der Waals surface area contributed by atoms with E-state index in [1.165, 1.54) is 0 Å². The van der Waals surface area contributed by atoms with Crippen molar-refractivity contribution < 1.29 is 19.1 Å². The standard InChI is InChI=1S/C26H26ClN3O4/c1-33-23-15-19(16-24(17-23)34-2)25(31)28-21-7-9-22(10-8-21)29-11-13-30(14-12-29)26(32)18-3-5-20(27)6-4-18/h3-10,15-17H,11-14H2,1-2H3,(H,28,31). The van der Waals surface area contributed by atoms with E-state index in [-0.39, 0.29) is 11.8 Å². The molecule has 1 aliphatic rings. The van der Waals surface area contributed by atoms with Crippen LogP contribution >= 0.6 is 11.6 Å². The van der Waals surface area contributed by atoms with Gasteiger partial charge in [0.15, 0.2) is 0 Å². The predicted molar refractivity (Wildman–Crippen MR) is 134 cm³/mol. The van der Waals surface area contributed by atoms with Crippen LogP contribution in [0.15, 0.2) is 66.7 Å². The minimum atomic E-state index is -0.251. The number of hydrogen-bond donors (Lipinski definition) is 1. The van der Waals surface area contributed by atoms with Crippen molar-refractivity contribution in [3.05, 3.63) is 82.9 Å². The second-order valence-corrected chi connectivity index (χ2v) is 8.32. The van der Waals surface area contributed by atoms with Crippen molar-refractivity contribution in [1.82, 2.24) is 4.90 Å². The summed E-state index contributed by atoms with van der Waals surface area (Å²) in [5.41, 5.74) is 2.82. The predicted octanol–water partition coefficient (Wildman–Crippen LogP) is 4.57. The van der Waals surface area contributed by atoms with E-state index >= 15 is 0 Å². The third-order valence-corrected chi connectivity index (χ3v) is 6.01. The number of halogens is 1.